The Bertz CT molecular complexity index is 806. The van der Waals surface area contributed by atoms with Crippen LogP contribution in [0.4, 0.5) is 0 Å². The zero-order valence-electron chi connectivity index (χ0n) is 11.2. The summed E-state index contributed by atoms with van der Waals surface area (Å²) in [6.45, 7) is 0.499. The maximum atomic E-state index is 12.6. The van der Waals surface area contributed by atoms with Crippen molar-refractivity contribution >= 4 is 17.1 Å². The summed E-state index contributed by atoms with van der Waals surface area (Å²) in [5.41, 5.74) is 1.95. The lowest BCUT2D eigenvalue weighted by molar-refractivity contribution is 0.100. The number of hydrogen-bond donors (Lipinski definition) is 0. The average Bonchev–Trinajstić information content (AvgIpc) is 2.97. The molecular formula is C17H12N2O2. The molecule has 1 aliphatic carbocycles. The average molecular weight is 276 g/mol. The Morgan fingerprint density at radius 1 is 1.05 bits per heavy atom. The minimum atomic E-state index is -0.159. The van der Waals surface area contributed by atoms with E-state index in [-0.39, 0.29) is 11.6 Å². The van der Waals surface area contributed by atoms with Gasteiger partial charge in [-0.05, 0) is 18.2 Å². The van der Waals surface area contributed by atoms with E-state index in [0.29, 0.717) is 35.4 Å². The van der Waals surface area contributed by atoms with Gasteiger partial charge in [-0.1, -0.05) is 24.3 Å². The fraction of sp³-hybridized carbons (Fsp3) is 0.118. The lowest BCUT2D eigenvalue weighted by Gasteiger charge is -2.16. The standard InChI is InChI=1S/C17H12N2O2/c18-8-4-10-19-9-3-7-15(19)14-11-16(20)12-5-1-2-6-13(12)17(14)21/h1-3,5-7,9,11H,4,10H2. The number of hydrogen-bond acceptors (Lipinski definition) is 3. The summed E-state index contributed by atoms with van der Waals surface area (Å²) >= 11 is 0. The molecule has 0 radical (unpaired) electrons. The molecule has 0 atom stereocenters. The summed E-state index contributed by atoms with van der Waals surface area (Å²) < 4.78 is 1.83. The molecule has 21 heavy (non-hydrogen) atoms. The number of ketones is 2. The Hall–Kier alpha value is -2.93. The van der Waals surface area contributed by atoms with E-state index in [0.717, 1.165) is 0 Å². The second kappa shape index (κ2) is 5.22. The molecule has 0 bridgehead atoms. The van der Waals surface area contributed by atoms with Crippen molar-refractivity contribution in [2.75, 3.05) is 0 Å². The summed E-state index contributed by atoms with van der Waals surface area (Å²) in [5, 5.41) is 8.69. The second-order valence-corrected chi connectivity index (χ2v) is 4.79. The summed E-state index contributed by atoms with van der Waals surface area (Å²) in [6.07, 6.45) is 3.56. The van der Waals surface area contributed by atoms with Crippen molar-refractivity contribution in [3.8, 4) is 6.07 Å². The minimum Gasteiger partial charge on any atom is -0.346 e. The molecule has 0 aliphatic heterocycles. The van der Waals surface area contributed by atoms with Crippen LogP contribution in [-0.4, -0.2) is 16.1 Å². The van der Waals surface area contributed by atoms with Gasteiger partial charge >= 0.3 is 0 Å². The lowest BCUT2D eigenvalue weighted by Crippen LogP contribution is -2.17. The molecular weight excluding hydrogens is 264 g/mol. The van der Waals surface area contributed by atoms with Crippen molar-refractivity contribution in [1.29, 1.82) is 5.26 Å². The number of aromatic nitrogens is 1. The molecule has 1 aliphatic rings. The molecule has 1 aromatic carbocycles. The van der Waals surface area contributed by atoms with Crippen LogP contribution in [0.5, 0.6) is 0 Å². The lowest BCUT2D eigenvalue weighted by atomic mass is 9.88. The van der Waals surface area contributed by atoms with E-state index in [1.54, 1.807) is 30.3 Å². The van der Waals surface area contributed by atoms with Gasteiger partial charge in [0.15, 0.2) is 11.6 Å². The monoisotopic (exact) mass is 276 g/mol. The number of fused-ring (bicyclic) bond motifs is 1. The molecule has 0 spiro atoms. The van der Waals surface area contributed by atoms with Crippen molar-refractivity contribution in [2.24, 2.45) is 0 Å². The van der Waals surface area contributed by atoms with Crippen LogP contribution in [-0.2, 0) is 6.54 Å². The first-order chi connectivity index (χ1) is 10.2. The first-order valence-corrected chi connectivity index (χ1v) is 6.64. The molecule has 4 nitrogen and oxygen atoms in total. The minimum absolute atomic E-state index is 0.151. The van der Waals surface area contributed by atoms with Crippen molar-refractivity contribution in [3.63, 3.8) is 0 Å². The van der Waals surface area contributed by atoms with E-state index in [9.17, 15) is 9.59 Å². The van der Waals surface area contributed by atoms with Crippen LogP contribution in [0.15, 0.2) is 48.7 Å². The van der Waals surface area contributed by atoms with Gasteiger partial charge in [-0.2, -0.15) is 5.26 Å². The first-order valence-electron chi connectivity index (χ1n) is 6.64. The highest BCUT2D eigenvalue weighted by molar-refractivity contribution is 6.38. The van der Waals surface area contributed by atoms with Gasteiger partial charge in [0.25, 0.3) is 0 Å². The Balaban J connectivity index is 2.05. The van der Waals surface area contributed by atoms with E-state index in [1.807, 2.05) is 16.8 Å². The Morgan fingerprint density at radius 3 is 2.57 bits per heavy atom. The smallest absolute Gasteiger partial charge is 0.196 e. The predicted molar refractivity (Wildman–Crippen MR) is 77.7 cm³/mol. The first kappa shape index (κ1) is 13.1. The molecule has 1 heterocycles. The maximum absolute atomic E-state index is 12.6. The van der Waals surface area contributed by atoms with Crippen LogP contribution in [0.25, 0.3) is 5.57 Å². The van der Waals surface area contributed by atoms with E-state index in [2.05, 4.69) is 6.07 Å². The zero-order chi connectivity index (χ0) is 14.8. The van der Waals surface area contributed by atoms with Gasteiger partial charge in [0.05, 0.1) is 23.8 Å². The number of allylic oxidation sites excluding steroid dienone is 2. The number of nitriles is 1. The second-order valence-electron chi connectivity index (χ2n) is 4.79. The molecule has 3 rings (SSSR count). The van der Waals surface area contributed by atoms with Crippen molar-refractivity contribution in [2.45, 2.75) is 13.0 Å². The van der Waals surface area contributed by atoms with Gasteiger partial charge in [-0.15, -0.1) is 0 Å². The SMILES string of the molecule is N#CCCn1cccc1C1=CC(=O)c2ccccc2C1=O. The fourth-order valence-electron chi connectivity index (χ4n) is 2.53. The van der Waals surface area contributed by atoms with Gasteiger partial charge in [-0.3, -0.25) is 9.59 Å². The van der Waals surface area contributed by atoms with Crippen molar-refractivity contribution in [3.05, 3.63) is 65.5 Å². The number of benzene rings is 1. The fourth-order valence-corrected chi connectivity index (χ4v) is 2.53. The van der Waals surface area contributed by atoms with Gasteiger partial charge in [-0.25, -0.2) is 0 Å². The number of rotatable bonds is 3. The normalized spacial score (nSPS) is 13.6. The van der Waals surface area contributed by atoms with E-state index < -0.39 is 0 Å². The molecule has 0 fully saturated rings. The predicted octanol–water partition coefficient (Wildman–Crippen LogP) is 2.86. The molecule has 0 unspecified atom stereocenters. The van der Waals surface area contributed by atoms with Crippen molar-refractivity contribution in [1.82, 2.24) is 4.57 Å². The largest absolute Gasteiger partial charge is 0.346 e. The van der Waals surface area contributed by atoms with Crippen molar-refractivity contribution < 1.29 is 9.59 Å². The zero-order valence-corrected chi connectivity index (χ0v) is 11.2. The number of Topliss-reactive ketones (excluding diaryl/α,β-unsaturated/α-hetero) is 1. The Kier molecular flexibility index (Phi) is 3.25. The summed E-state index contributed by atoms with van der Waals surface area (Å²) in [4.78, 5) is 24.8. The molecule has 0 N–H and O–H groups in total. The molecule has 4 heteroatoms. The third-order valence-electron chi connectivity index (χ3n) is 3.53. The van der Waals surface area contributed by atoms with Crippen LogP contribution < -0.4 is 0 Å². The highest BCUT2D eigenvalue weighted by Gasteiger charge is 2.27. The number of carbonyl (C=O) groups is 2. The third kappa shape index (κ3) is 2.19. The van der Waals surface area contributed by atoms with Crippen LogP contribution in [0.2, 0.25) is 0 Å². The molecule has 2 aromatic rings. The highest BCUT2D eigenvalue weighted by atomic mass is 16.1. The van der Waals surface area contributed by atoms with E-state index >= 15 is 0 Å². The molecule has 0 amide bonds. The Morgan fingerprint density at radius 2 is 1.81 bits per heavy atom. The quantitative estimate of drug-likeness (QED) is 0.866. The summed E-state index contributed by atoms with van der Waals surface area (Å²) in [7, 11) is 0. The summed E-state index contributed by atoms with van der Waals surface area (Å²) in [6, 6.07) is 12.5. The number of aryl methyl sites for hydroxylation is 1. The van der Waals surface area contributed by atoms with Crippen LogP contribution in [0, 0.1) is 11.3 Å². The number of carbonyl (C=O) groups excluding carboxylic acids is 2. The molecule has 102 valence electrons. The topological polar surface area (TPSA) is 62.9 Å². The van der Waals surface area contributed by atoms with Gasteiger partial charge in [0.2, 0.25) is 0 Å². The van der Waals surface area contributed by atoms with Crippen LogP contribution in [0.1, 0.15) is 32.8 Å². The van der Waals surface area contributed by atoms with Gasteiger partial charge in [0.1, 0.15) is 0 Å². The maximum Gasteiger partial charge on any atom is 0.196 e. The highest BCUT2D eigenvalue weighted by Crippen LogP contribution is 2.28. The molecule has 0 saturated heterocycles. The van der Waals surface area contributed by atoms with Gasteiger partial charge < -0.3 is 4.57 Å². The molecule has 1 aromatic heterocycles. The summed E-state index contributed by atoms with van der Waals surface area (Å²) in [5.74, 6) is -0.310. The number of nitrogens with zero attached hydrogens (tertiary/aromatic N) is 2. The van der Waals surface area contributed by atoms with Crippen LogP contribution in [0.3, 0.4) is 0 Å². The Labute approximate surface area is 121 Å². The van der Waals surface area contributed by atoms with Gasteiger partial charge in [0, 0.05) is 23.9 Å². The van der Waals surface area contributed by atoms with E-state index in [4.69, 9.17) is 5.26 Å². The van der Waals surface area contributed by atoms with E-state index in [1.165, 1.54) is 6.08 Å². The molecule has 0 saturated carbocycles. The third-order valence-corrected chi connectivity index (χ3v) is 3.53. The van der Waals surface area contributed by atoms with Crippen LogP contribution >= 0.6 is 0 Å².